The molecule has 4 aromatic heterocycles. The first-order chi connectivity index (χ1) is 30.0. The largest absolute Gasteiger partial charge is 0.501 e. The second-order valence-corrected chi connectivity index (χ2v) is 22.1. The van der Waals surface area contributed by atoms with Gasteiger partial charge < -0.3 is 18.8 Å². The van der Waals surface area contributed by atoms with E-state index in [2.05, 4.69) is 48.9 Å². The van der Waals surface area contributed by atoms with Crippen LogP contribution in [0.2, 0.25) is 19.6 Å². The van der Waals surface area contributed by atoms with Gasteiger partial charge in [0, 0.05) is 54.6 Å². The van der Waals surface area contributed by atoms with Crippen molar-refractivity contribution in [2.75, 3.05) is 0 Å². The van der Waals surface area contributed by atoms with Gasteiger partial charge in [0.25, 0.3) is 0 Å². The molecule has 4 heterocycles. The van der Waals surface area contributed by atoms with Crippen LogP contribution in [-0.2, 0) is 26.5 Å². The number of pyridine rings is 2. The molecule has 6 heteroatoms. The Morgan fingerprint density at radius 1 is 0.733 bits per heavy atom. The third kappa shape index (κ3) is 8.43. The minimum atomic E-state index is -1.68. The molecule has 1 aliphatic rings. The second-order valence-electron chi connectivity index (χ2n) is 17.0. The van der Waals surface area contributed by atoms with Gasteiger partial charge in [-0.3, -0.25) is 0 Å². The van der Waals surface area contributed by atoms with Crippen LogP contribution < -0.4 is 5.19 Å². The fourth-order valence-electron chi connectivity index (χ4n) is 8.41. The van der Waals surface area contributed by atoms with Gasteiger partial charge in [-0.15, -0.1) is 42.0 Å². The zero-order valence-electron chi connectivity index (χ0n) is 39.1. The van der Waals surface area contributed by atoms with Crippen LogP contribution >= 0.6 is 0 Å². The number of para-hydroxylation sites is 1. The molecule has 1 fully saturated rings. The summed E-state index contributed by atoms with van der Waals surface area (Å²) in [5, 5.41) is 5.32. The number of benzene rings is 5. The molecule has 1 aliphatic carbocycles. The van der Waals surface area contributed by atoms with E-state index in [9.17, 15) is 0 Å². The van der Waals surface area contributed by atoms with Crippen molar-refractivity contribution in [3.63, 3.8) is 0 Å². The number of hydrogen-bond donors (Lipinski definition) is 0. The summed E-state index contributed by atoms with van der Waals surface area (Å²) in [4.78, 5) is 9.33. The Morgan fingerprint density at radius 2 is 1.50 bits per heavy atom. The summed E-state index contributed by atoms with van der Waals surface area (Å²) >= 11 is 0. The molecule has 0 aliphatic heterocycles. The SMILES string of the molecule is [2H]C(C)(C)c1cc(-c2[c-]ccc3c2oc2cc(C([2H])(C)c4ccccc4)ccc23)ncc1[Si](C)(C)C.[2H]C([2H])(c1ccnc(-c2[c-]cc3oc4ccccc4c3c2)c1)C1CCCC1.[Ir]. The fourth-order valence-corrected chi connectivity index (χ4v) is 10.00. The van der Waals surface area contributed by atoms with Crippen molar-refractivity contribution in [3.8, 4) is 22.5 Å². The second kappa shape index (κ2) is 17.5. The van der Waals surface area contributed by atoms with Gasteiger partial charge >= 0.3 is 0 Å². The molecule has 60 heavy (non-hydrogen) atoms. The standard InChI is InChI=1S/C31H32NOSi.C23H20NO.Ir/c1-20(2)27-18-28(32-19-30(27)34(4,5)6)26-14-10-13-25-24-16-15-23(17-29(24)33-31(25)26)21(3)22-11-8-7-9-12-22;1-2-6-16(5-1)13-17-11-12-24-21(14-17)18-9-10-23-20(15-18)19-7-3-4-8-22(19)25-23;/h7-13,15-21H,1-6H3;3-4,7-8,10-12,14-16H,1-2,5-6,13H2;/q2*-1;/i20D,21D;13D2;. The van der Waals surface area contributed by atoms with E-state index >= 15 is 0 Å². The molecule has 1 radical (unpaired) electrons. The minimum Gasteiger partial charge on any atom is -0.501 e. The van der Waals surface area contributed by atoms with E-state index in [1.165, 1.54) is 5.19 Å². The summed E-state index contributed by atoms with van der Waals surface area (Å²) < 4.78 is 47.5. The number of aromatic nitrogens is 2. The average Bonchev–Trinajstić information content (AvgIpc) is 4.04. The summed E-state index contributed by atoms with van der Waals surface area (Å²) in [6.07, 6.45) is 6.53. The molecule has 305 valence electrons. The van der Waals surface area contributed by atoms with Crippen LogP contribution in [0.4, 0.5) is 0 Å². The molecule has 0 bridgehead atoms. The normalized spacial score (nSPS) is 15.8. The number of nitrogens with zero attached hydrogens (tertiary/aromatic N) is 2. The zero-order chi connectivity index (χ0) is 44.3. The van der Waals surface area contributed by atoms with Crippen molar-refractivity contribution in [2.45, 2.75) is 84.3 Å². The smallest absolute Gasteiger partial charge is 0.121 e. The van der Waals surface area contributed by atoms with Crippen LogP contribution in [-0.4, -0.2) is 18.0 Å². The van der Waals surface area contributed by atoms with Gasteiger partial charge in [-0.05, 0) is 64.1 Å². The minimum absolute atomic E-state index is 0. The number of furan rings is 2. The number of fused-ring (bicyclic) bond motifs is 6. The Bertz CT molecular complexity index is 3120. The molecule has 0 spiro atoms. The van der Waals surface area contributed by atoms with E-state index in [1.54, 1.807) is 6.20 Å². The van der Waals surface area contributed by atoms with Gasteiger partial charge in [0.1, 0.15) is 11.2 Å². The maximum Gasteiger partial charge on any atom is 0.121 e. The van der Waals surface area contributed by atoms with Crippen LogP contribution in [0.3, 0.4) is 0 Å². The van der Waals surface area contributed by atoms with Crippen LogP contribution in [0.1, 0.15) is 86.0 Å². The molecule has 1 atom stereocenters. The van der Waals surface area contributed by atoms with E-state index in [0.29, 0.717) is 5.56 Å². The fraction of sp³-hybridized carbons (Fsp3) is 0.259. The topological polar surface area (TPSA) is 52.1 Å². The first-order valence-corrected chi connectivity index (χ1v) is 24.2. The van der Waals surface area contributed by atoms with Crippen LogP contribution in [0.25, 0.3) is 66.4 Å². The van der Waals surface area contributed by atoms with Gasteiger partial charge in [0.05, 0.1) is 19.2 Å². The molecular weight excluding hydrogens is 929 g/mol. The Morgan fingerprint density at radius 3 is 2.28 bits per heavy atom. The van der Waals surface area contributed by atoms with Gasteiger partial charge in [0.15, 0.2) is 0 Å². The van der Waals surface area contributed by atoms with E-state index in [-0.39, 0.29) is 26.0 Å². The third-order valence-corrected chi connectivity index (χ3v) is 13.7. The molecule has 4 nitrogen and oxygen atoms in total. The molecule has 0 N–H and O–H groups in total. The molecule has 0 amide bonds. The Kier molecular flexibility index (Phi) is 10.7. The predicted molar refractivity (Wildman–Crippen MR) is 248 cm³/mol. The summed E-state index contributed by atoms with van der Waals surface area (Å²) in [6.45, 7) is 12.7. The maximum absolute atomic E-state index is 9.07. The molecule has 10 rings (SSSR count). The van der Waals surface area contributed by atoms with Crippen LogP contribution in [0.5, 0.6) is 0 Å². The molecule has 1 unspecified atom stereocenters. The quantitative estimate of drug-likeness (QED) is 0.112. The van der Waals surface area contributed by atoms with Crippen molar-refractivity contribution >= 4 is 57.1 Å². The van der Waals surface area contributed by atoms with Gasteiger partial charge in [-0.1, -0.05) is 166 Å². The maximum atomic E-state index is 9.07. The molecular formula is C54H52IrN2O2Si-2. The van der Waals surface area contributed by atoms with Gasteiger partial charge in [0.2, 0.25) is 0 Å². The van der Waals surface area contributed by atoms with Crippen molar-refractivity contribution < 1.29 is 34.4 Å². The summed E-state index contributed by atoms with van der Waals surface area (Å²) in [7, 11) is -1.68. The van der Waals surface area contributed by atoms with E-state index in [4.69, 9.17) is 19.3 Å². The van der Waals surface area contributed by atoms with Crippen molar-refractivity contribution in [2.24, 2.45) is 5.92 Å². The first-order valence-electron chi connectivity index (χ1n) is 22.7. The van der Waals surface area contributed by atoms with Gasteiger partial charge in [-0.25, -0.2) is 0 Å². The van der Waals surface area contributed by atoms with Crippen LogP contribution in [0.15, 0.2) is 136 Å². The third-order valence-electron chi connectivity index (χ3n) is 11.7. The summed E-state index contributed by atoms with van der Waals surface area (Å²) in [5.74, 6) is -1.54. The van der Waals surface area contributed by atoms with E-state index in [0.717, 1.165) is 109 Å². The Labute approximate surface area is 374 Å². The van der Waals surface area contributed by atoms with E-state index < -0.39 is 26.2 Å². The van der Waals surface area contributed by atoms with Crippen molar-refractivity contribution in [1.82, 2.24) is 9.97 Å². The zero-order valence-corrected chi connectivity index (χ0v) is 38.5. The van der Waals surface area contributed by atoms with Crippen LogP contribution in [0, 0.1) is 18.1 Å². The van der Waals surface area contributed by atoms with Crippen molar-refractivity contribution in [1.29, 1.82) is 0 Å². The monoisotopic (exact) mass is 985 g/mol. The number of hydrogen-bond acceptors (Lipinski definition) is 4. The molecule has 1 saturated carbocycles. The van der Waals surface area contributed by atoms with E-state index in [1.807, 2.05) is 130 Å². The Hall–Kier alpha value is -5.13. The summed E-state index contributed by atoms with van der Waals surface area (Å²) in [6, 6.07) is 44.1. The average molecular weight is 985 g/mol. The predicted octanol–water partition coefficient (Wildman–Crippen LogP) is 14.4. The first kappa shape index (κ1) is 36.7. The van der Waals surface area contributed by atoms with Gasteiger partial charge in [-0.2, -0.15) is 0 Å². The van der Waals surface area contributed by atoms with Crippen molar-refractivity contribution in [3.05, 3.63) is 162 Å². The number of rotatable bonds is 8. The molecule has 5 aromatic carbocycles. The molecule has 0 saturated heterocycles. The molecule has 9 aromatic rings. The Balaban J connectivity index is 0.000000179. The summed E-state index contributed by atoms with van der Waals surface area (Å²) in [5.41, 5.74) is 9.87.